The Bertz CT molecular complexity index is 411. The van der Waals surface area contributed by atoms with Crippen LogP contribution in [-0.4, -0.2) is 17.6 Å². The van der Waals surface area contributed by atoms with Crippen LogP contribution in [0.15, 0.2) is 11.6 Å². The summed E-state index contributed by atoms with van der Waals surface area (Å²) >= 11 is 0. The number of hydrogen-bond acceptors (Lipinski definition) is 2. The summed E-state index contributed by atoms with van der Waals surface area (Å²) in [5.74, 6) is 1.33. The van der Waals surface area contributed by atoms with E-state index in [2.05, 4.69) is 6.08 Å². The van der Waals surface area contributed by atoms with Crippen molar-refractivity contribution < 1.29 is 9.90 Å². The SMILES string of the molecule is NC[C@]1(CC(=O)O)C[C@H]2CC(CC3CCCCC3)=C[C@H]21. The Morgan fingerprint density at radius 1 is 1.35 bits per heavy atom. The van der Waals surface area contributed by atoms with Crippen LogP contribution in [0.4, 0.5) is 0 Å². The third kappa shape index (κ3) is 2.52. The Kier molecular flexibility index (Phi) is 3.89. The van der Waals surface area contributed by atoms with Crippen molar-refractivity contribution in [2.45, 2.75) is 57.8 Å². The van der Waals surface area contributed by atoms with Crippen molar-refractivity contribution >= 4 is 5.97 Å². The summed E-state index contributed by atoms with van der Waals surface area (Å²) in [6.45, 7) is 0.522. The van der Waals surface area contributed by atoms with Gasteiger partial charge in [0, 0.05) is 0 Å². The molecular weight excluding hydrogens is 250 g/mol. The Morgan fingerprint density at radius 3 is 2.75 bits per heavy atom. The van der Waals surface area contributed by atoms with Crippen molar-refractivity contribution in [3.63, 3.8) is 0 Å². The molecule has 0 unspecified atom stereocenters. The second kappa shape index (κ2) is 5.51. The van der Waals surface area contributed by atoms with E-state index >= 15 is 0 Å². The molecule has 2 fully saturated rings. The van der Waals surface area contributed by atoms with Gasteiger partial charge >= 0.3 is 5.97 Å². The first kappa shape index (κ1) is 14.1. The number of carboxylic acid groups (broad SMARTS) is 1. The fourth-order valence-corrected chi connectivity index (χ4v) is 4.99. The molecule has 0 aromatic heterocycles. The molecule has 0 radical (unpaired) electrons. The van der Waals surface area contributed by atoms with Gasteiger partial charge in [0.25, 0.3) is 0 Å². The molecule has 0 heterocycles. The molecule has 20 heavy (non-hydrogen) atoms. The third-order valence-corrected chi connectivity index (χ3v) is 6.01. The summed E-state index contributed by atoms with van der Waals surface area (Å²) in [6, 6.07) is 0. The maximum Gasteiger partial charge on any atom is 0.303 e. The third-order valence-electron chi connectivity index (χ3n) is 6.01. The molecule has 3 atom stereocenters. The number of nitrogens with two attached hydrogens (primary N) is 1. The quantitative estimate of drug-likeness (QED) is 0.758. The number of aliphatic carboxylic acids is 1. The number of fused-ring (bicyclic) bond motifs is 1. The lowest BCUT2D eigenvalue weighted by Gasteiger charge is -2.51. The first-order valence-electron chi connectivity index (χ1n) is 8.24. The smallest absolute Gasteiger partial charge is 0.303 e. The van der Waals surface area contributed by atoms with Crippen LogP contribution < -0.4 is 5.73 Å². The van der Waals surface area contributed by atoms with Gasteiger partial charge in [0.2, 0.25) is 0 Å². The Morgan fingerprint density at radius 2 is 2.10 bits per heavy atom. The monoisotopic (exact) mass is 277 g/mol. The summed E-state index contributed by atoms with van der Waals surface area (Å²) in [6.07, 6.45) is 13.2. The van der Waals surface area contributed by atoms with Crippen molar-refractivity contribution in [2.75, 3.05) is 6.54 Å². The number of allylic oxidation sites excluding steroid dienone is 2. The molecule has 3 aliphatic rings. The van der Waals surface area contributed by atoms with Crippen LogP contribution in [0.3, 0.4) is 0 Å². The molecule has 0 amide bonds. The Labute approximate surface area is 121 Å². The summed E-state index contributed by atoms with van der Waals surface area (Å²) in [5.41, 5.74) is 7.38. The maximum absolute atomic E-state index is 11.1. The molecule has 0 aliphatic heterocycles. The first-order valence-corrected chi connectivity index (χ1v) is 8.24. The molecule has 3 rings (SSSR count). The second-order valence-electron chi connectivity index (χ2n) is 7.36. The lowest BCUT2D eigenvalue weighted by molar-refractivity contribution is -0.144. The van der Waals surface area contributed by atoms with E-state index in [0.717, 1.165) is 12.3 Å². The van der Waals surface area contributed by atoms with Crippen molar-refractivity contribution in [1.29, 1.82) is 0 Å². The highest BCUT2D eigenvalue weighted by molar-refractivity contribution is 5.68. The van der Waals surface area contributed by atoms with Gasteiger partial charge in [-0.05, 0) is 49.0 Å². The lowest BCUT2D eigenvalue weighted by atomic mass is 9.53. The minimum atomic E-state index is -0.692. The minimum absolute atomic E-state index is 0.134. The van der Waals surface area contributed by atoms with Crippen LogP contribution in [0.5, 0.6) is 0 Å². The van der Waals surface area contributed by atoms with Crippen molar-refractivity contribution in [2.24, 2.45) is 28.9 Å². The Hall–Kier alpha value is -0.830. The van der Waals surface area contributed by atoms with Gasteiger partial charge in [-0.25, -0.2) is 0 Å². The standard InChI is InChI=1S/C17H27NO2/c18-11-17(10-16(19)20)9-14-7-13(8-15(14)17)6-12-4-2-1-3-5-12/h8,12,14-15H,1-7,9-11,18H2,(H,19,20)/t14-,15-,17-/m1/s1. The van der Waals surface area contributed by atoms with Crippen molar-refractivity contribution in [3.05, 3.63) is 11.6 Å². The van der Waals surface area contributed by atoms with Crippen LogP contribution in [0.1, 0.15) is 57.8 Å². The van der Waals surface area contributed by atoms with E-state index in [9.17, 15) is 4.79 Å². The highest BCUT2D eigenvalue weighted by Crippen LogP contribution is 2.60. The molecule has 0 spiro atoms. The highest BCUT2D eigenvalue weighted by atomic mass is 16.4. The zero-order chi connectivity index (χ0) is 14.2. The van der Waals surface area contributed by atoms with Gasteiger partial charge in [-0.15, -0.1) is 0 Å². The highest BCUT2D eigenvalue weighted by Gasteiger charge is 2.54. The van der Waals surface area contributed by atoms with Crippen molar-refractivity contribution in [1.82, 2.24) is 0 Å². The number of carboxylic acids is 1. The summed E-state index contributed by atoms with van der Waals surface area (Å²) < 4.78 is 0. The normalized spacial score (nSPS) is 37.1. The molecule has 112 valence electrons. The van der Waals surface area contributed by atoms with Crippen molar-refractivity contribution in [3.8, 4) is 0 Å². The van der Waals surface area contributed by atoms with Gasteiger partial charge in [-0.1, -0.05) is 43.8 Å². The first-order chi connectivity index (χ1) is 9.63. The zero-order valence-corrected chi connectivity index (χ0v) is 12.3. The Balaban J connectivity index is 1.62. The van der Waals surface area contributed by atoms with Gasteiger partial charge < -0.3 is 10.8 Å². The van der Waals surface area contributed by atoms with E-state index in [1.54, 1.807) is 5.57 Å². The number of rotatable bonds is 5. The summed E-state index contributed by atoms with van der Waals surface area (Å²) in [7, 11) is 0. The van der Waals surface area contributed by atoms with Gasteiger partial charge in [0.05, 0.1) is 6.42 Å². The van der Waals surface area contributed by atoms with E-state index in [1.807, 2.05) is 0 Å². The fraction of sp³-hybridized carbons (Fsp3) is 0.824. The molecule has 3 N–H and O–H groups in total. The summed E-state index contributed by atoms with van der Waals surface area (Å²) in [4.78, 5) is 11.1. The zero-order valence-electron chi connectivity index (χ0n) is 12.3. The molecule has 0 saturated heterocycles. The average molecular weight is 277 g/mol. The molecule has 0 aromatic rings. The molecule has 2 saturated carbocycles. The van der Waals surface area contributed by atoms with E-state index in [0.29, 0.717) is 18.4 Å². The predicted molar refractivity (Wildman–Crippen MR) is 79.2 cm³/mol. The van der Waals surface area contributed by atoms with E-state index < -0.39 is 5.97 Å². The molecule has 3 nitrogen and oxygen atoms in total. The second-order valence-corrected chi connectivity index (χ2v) is 7.36. The average Bonchev–Trinajstić information content (AvgIpc) is 2.75. The maximum atomic E-state index is 11.1. The fourth-order valence-electron chi connectivity index (χ4n) is 4.99. The van der Waals surface area contributed by atoms with Crippen LogP contribution in [0, 0.1) is 23.2 Å². The van der Waals surface area contributed by atoms with Gasteiger partial charge in [0.1, 0.15) is 0 Å². The largest absolute Gasteiger partial charge is 0.481 e. The number of carbonyl (C=O) groups is 1. The van der Waals surface area contributed by atoms with Crippen LogP contribution in [0.2, 0.25) is 0 Å². The molecule has 0 aromatic carbocycles. The summed E-state index contributed by atoms with van der Waals surface area (Å²) in [5, 5.41) is 9.12. The molecule has 3 heteroatoms. The van der Waals surface area contributed by atoms with Gasteiger partial charge in [-0.3, -0.25) is 4.79 Å². The van der Waals surface area contributed by atoms with E-state index in [4.69, 9.17) is 10.8 Å². The number of hydrogen-bond donors (Lipinski definition) is 2. The molecule has 0 bridgehead atoms. The van der Waals surface area contributed by atoms with Gasteiger partial charge in [0.15, 0.2) is 0 Å². The lowest BCUT2D eigenvalue weighted by Crippen LogP contribution is -2.51. The molecule has 3 aliphatic carbocycles. The van der Waals surface area contributed by atoms with Crippen LogP contribution >= 0.6 is 0 Å². The van der Waals surface area contributed by atoms with Crippen LogP contribution in [0.25, 0.3) is 0 Å². The van der Waals surface area contributed by atoms with Crippen LogP contribution in [-0.2, 0) is 4.79 Å². The topological polar surface area (TPSA) is 63.3 Å². The molecular formula is C17H27NO2. The van der Waals surface area contributed by atoms with E-state index in [1.165, 1.54) is 44.9 Å². The van der Waals surface area contributed by atoms with Gasteiger partial charge in [-0.2, -0.15) is 0 Å². The predicted octanol–water partition coefficient (Wildman–Crippen LogP) is 3.34. The minimum Gasteiger partial charge on any atom is -0.481 e. The van der Waals surface area contributed by atoms with E-state index in [-0.39, 0.29) is 11.8 Å².